The Morgan fingerprint density at radius 3 is 1.63 bits per heavy atom. The highest BCUT2D eigenvalue weighted by molar-refractivity contribution is 14.1. The minimum atomic E-state index is -0.747. The number of aryl methyl sites for hydroxylation is 6. The second-order valence-electron chi connectivity index (χ2n) is 13.8. The van der Waals surface area contributed by atoms with Gasteiger partial charge < -0.3 is 21.4 Å². The number of nitrogens with one attached hydrogen (secondary N) is 2. The second kappa shape index (κ2) is 22.4. The molecular weight excluding hydrogens is 845 g/mol. The minimum absolute atomic E-state index is 0.0552. The fourth-order valence-electron chi connectivity index (χ4n) is 6.21. The summed E-state index contributed by atoms with van der Waals surface area (Å²) in [5.74, 6) is -0.675. The summed E-state index contributed by atoms with van der Waals surface area (Å²) in [6.07, 6.45) is 19.5. The Labute approximate surface area is 343 Å². The third kappa shape index (κ3) is 14.9. The van der Waals surface area contributed by atoms with Crippen LogP contribution in [0.4, 0.5) is 20.7 Å². The first kappa shape index (κ1) is 42.8. The molecule has 4 heterocycles. The smallest absolute Gasteiger partial charge is 0.197 e. The molecule has 0 saturated heterocycles. The number of benzene rings is 2. The number of carbonyl (C=O) groups excluding carboxylic acids is 2. The fraction of sp³-hybridized carbons (Fsp3) is 0.400. The minimum Gasteiger partial charge on any atom is -0.369 e. The summed E-state index contributed by atoms with van der Waals surface area (Å²) in [6, 6.07) is 10.6. The van der Waals surface area contributed by atoms with Crippen LogP contribution in [0.2, 0.25) is 0 Å². The lowest BCUT2D eigenvalue weighted by atomic mass is 10.1. The number of rotatable bonds is 22. The van der Waals surface area contributed by atoms with Gasteiger partial charge in [0.05, 0.1) is 23.8 Å². The van der Waals surface area contributed by atoms with Gasteiger partial charge in [-0.2, -0.15) is 0 Å². The lowest BCUT2D eigenvalue weighted by Gasteiger charge is -2.03. The molecule has 302 valence electrons. The van der Waals surface area contributed by atoms with Crippen LogP contribution in [-0.4, -0.2) is 61.5 Å². The third-order valence-electron chi connectivity index (χ3n) is 9.17. The molecule has 0 aliphatic rings. The summed E-state index contributed by atoms with van der Waals surface area (Å²) in [5.41, 5.74) is 16.0. The molecule has 0 aliphatic heterocycles. The molecule has 0 aliphatic carbocycles. The molecule has 6 aromatic rings. The van der Waals surface area contributed by atoms with Gasteiger partial charge in [0, 0.05) is 70.5 Å². The van der Waals surface area contributed by atoms with Gasteiger partial charge in [0.25, 0.3) is 0 Å². The van der Waals surface area contributed by atoms with E-state index < -0.39 is 11.6 Å². The number of nitrogen functional groups attached to an aromatic ring is 2. The van der Waals surface area contributed by atoms with Crippen molar-refractivity contribution in [2.75, 3.05) is 11.5 Å². The zero-order valence-electron chi connectivity index (χ0n) is 31.8. The Morgan fingerprint density at radius 2 is 1.14 bits per heavy atom. The van der Waals surface area contributed by atoms with Crippen molar-refractivity contribution in [3.63, 3.8) is 0 Å². The van der Waals surface area contributed by atoms with E-state index in [1.54, 1.807) is 17.1 Å². The monoisotopic (exact) mass is 894 g/mol. The molecule has 2 aromatic carbocycles. The molecule has 0 radical (unpaired) electrons. The highest BCUT2D eigenvalue weighted by Gasteiger charge is 2.11. The molecule has 17 heteroatoms. The molecule has 6 N–H and O–H groups in total. The molecule has 0 fully saturated rings. The zero-order chi connectivity index (χ0) is 40.4. The Kier molecular flexibility index (Phi) is 16.8. The highest BCUT2D eigenvalue weighted by atomic mass is 127. The van der Waals surface area contributed by atoms with Crippen LogP contribution in [0.15, 0.2) is 67.3 Å². The molecule has 4 aromatic heterocycles. The first-order chi connectivity index (χ1) is 27.6. The van der Waals surface area contributed by atoms with Crippen molar-refractivity contribution in [2.24, 2.45) is 0 Å². The lowest BCUT2D eigenvalue weighted by Crippen LogP contribution is -2.05. The Bertz CT molecular complexity index is 2140. The van der Waals surface area contributed by atoms with Gasteiger partial charge in [-0.3, -0.25) is 19.0 Å². The van der Waals surface area contributed by atoms with E-state index in [0.717, 1.165) is 121 Å². The summed E-state index contributed by atoms with van der Waals surface area (Å²) in [5, 5.41) is 16.6. The Balaban J connectivity index is 0.000000218. The maximum atomic E-state index is 13.2. The summed E-state index contributed by atoms with van der Waals surface area (Å²) >= 11 is 2.21. The van der Waals surface area contributed by atoms with Crippen molar-refractivity contribution in [2.45, 2.75) is 103 Å². The van der Waals surface area contributed by atoms with Crippen LogP contribution in [0.1, 0.15) is 108 Å². The number of aromatic amines is 2. The predicted octanol–water partition coefficient (Wildman–Crippen LogP) is 7.29. The number of hydrogen-bond acceptors (Lipinski definition) is 10. The molecule has 0 spiro atoms. The third-order valence-corrected chi connectivity index (χ3v) is 10.1. The number of nitrogens with zero attached hydrogens (tertiary/aromatic N) is 8. The predicted molar refractivity (Wildman–Crippen MR) is 221 cm³/mol. The first-order valence-corrected chi connectivity index (χ1v) is 20.3. The molecule has 0 amide bonds. The van der Waals surface area contributed by atoms with E-state index in [9.17, 15) is 18.4 Å². The molecule has 0 bridgehead atoms. The van der Waals surface area contributed by atoms with Crippen molar-refractivity contribution < 1.29 is 18.4 Å². The van der Waals surface area contributed by atoms with Crippen LogP contribution in [0, 0.1) is 15.2 Å². The lowest BCUT2D eigenvalue weighted by molar-refractivity contribution is 0.0969. The Morgan fingerprint density at radius 1 is 0.649 bits per heavy atom. The maximum absolute atomic E-state index is 13.2. The summed E-state index contributed by atoms with van der Waals surface area (Å²) in [4.78, 5) is 38.4. The summed E-state index contributed by atoms with van der Waals surface area (Å²) in [6.45, 7) is 1.24. The average Bonchev–Trinajstić information content (AvgIpc) is 4.01. The molecule has 14 nitrogen and oxygen atoms in total. The number of anilines is 2. The van der Waals surface area contributed by atoms with Gasteiger partial charge in [-0.1, -0.05) is 41.5 Å². The number of aromatic nitrogens is 10. The quantitative estimate of drug-likeness (QED) is 0.0304. The molecular formula is C40H49F2IN12O2. The summed E-state index contributed by atoms with van der Waals surface area (Å²) in [7, 11) is 0. The largest absolute Gasteiger partial charge is 0.369 e. The molecule has 6 rings (SSSR count). The number of hydrogen-bond donors (Lipinski definition) is 4. The van der Waals surface area contributed by atoms with Gasteiger partial charge >= 0.3 is 0 Å². The Hall–Kier alpha value is -5.33. The number of nitrogens with two attached hydrogens (primary N) is 2. The van der Waals surface area contributed by atoms with Crippen molar-refractivity contribution in [1.29, 1.82) is 0 Å². The van der Waals surface area contributed by atoms with Crippen molar-refractivity contribution in [3.05, 3.63) is 116 Å². The maximum Gasteiger partial charge on any atom is 0.197 e. The first-order valence-electron chi connectivity index (χ1n) is 19.2. The number of carbonyl (C=O) groups is 2. The van der Waals surface area contributed by atoms with Gasteiger partial charge in [-0.05, 0) is 105 Å². The fourth-order valence-corrected chi connectivity index (χ4v) is 6.90. The zero-order valence-corrected chi connectivity index (χ0v) is 34.0. The van der Waals surface area contributed by atoms with E-state index in [-0.39, 0.29) is 23.6 Å². The van der Waals surface area contributed by atoms with E-state index in [1.165, 1.54) is 0 Å². The molecule has 0 saturated carbocycles. The van der Waals surface area contributed by atoms with Gasteiger partial charge in [-0.25, -0.2) is 18.7 Å². The van der Waals surface area contributed by atoms with Crippen LogP contribution in [0.5, 0.6) is 0 Å². The van der Waals surface area contributed by atoms with E-state index in [2.05, 4.69) is 63.2 Å². The number of halogens is 3. The van der Waals surface area contributed by atoms with Crippen molar-refractivity contribution in [3.8, 4) is 0 Å². The number of H-pyrrole nitrogens is 2. The van der Waals surface area contributed by atoms with Gasteiger partial charge in [-0.15, -0.1) is 10.2 Å². The SMILES string of the molecule is Nc1ncc(CCCCCc2cn(CCCC(=O)c3cc(F)cc(F)c3)nn2)[nH]1.Nc1ncc(CCCCCc2cn(CCCC(=O)c3ccccc3I)nn2)[nH]1. The average molecular weight is 895 g/mol. The number of unbranched alkanes of at least 4 members (excludes halogenated alkanes) is 4. The van der Waals surface area contributed by atoms with Crippen molar-refractivity contribution >= 4 is 46.1 Å². The number of Topliss-reactive ketones (excluding diaryl/α,β-unsaturated/α-hetero) is 2. The van der Waals surface area contributed by atoms with Crippen LogP contribution < -0.4 is 11.5 Å². The van der Waals surface area contributed by atoms with E-state index >= 15 is 0 Å². The van der Waals surface area contributed by atoms with Gasteiger partial charge in [0.2, 0.25) is 0 Å². The summed E-state index contributed by atoms with van der Waals surface area (Å²) < 4.78 is 30.9. The molecule has 57 heavy (non-hydrogen) atoms. The van der Waals surface area contributed by atoms with Gasteiger partial charge in [0.1, 0.15) is 11.6 Å². The van der Waals surface area contributed by atoms with E-state index in [1.807, 2.05) is 41.3 Å². The van der Waals surface area contributed by atoms with Gasteiger partial charge in [0.15, 0.2) is 23.5 Å². The van der Waals surface area contributed by atoms with Crippen LogP contribution in [0.25, 0.3) is 0 Å². The van der Waals surface area contributed by atoms with E-state index in [4.69, 9.17) is 11.5 Å². The standard InChI is InChI=1S/C20H24F2N6O.C20H25IN6O/c21-15-9-14(10-16(22)11-15)19(29)7-4-8-28-13-18(26-27-28)6-3-1-2-5-17-12-24-20(23)25-17;21-18-10-5-4-9-17(18)19(28)11-6-12-27-14-16(25-26-27)8-3-1-2-7-15-13-23-20(22)24-15/h9-13H,1-8H2,(H3,23,24,25);4-5,9-10,13-14H,1-3,6-8,11-12H2,(H3,22,23,24). The van der Waals surface area contributed by atoms with Crippen molar-refractivity contribution in [1.82, 2.24) is 49.9 Å². The topological polar surface area (TPSA) is 205 Å². The van der Waals surface area contributed by atoms with E-state index in [0.29, 0.717) is 37.8 Å². The molecule has 0 atom stereocenters. The van der Waals surface area contributed by atoms with Crippen LogP contribution in [-0.2, 0) is 38.8 Å². The second-order valence-corrected chi connectivity index (χ2v) is 15.0. The number of ketones is 2. The van der Waals surface area contributed by atoms with Crippen LogP contribution in [0.3, 0.4) is 0 Å². The normalized spacial score (nSPS) is 11.1. The van der Waals surface area contributed by atoms with Crippen LogP contribution >= 0.6 is 22.6 Å². The number of imidazole rings is 2. The molecule has 0 unspecified atom stereocenters. The highest BCUT2D eigenvalue weighted by Crippen LogP contribution is 2.16.